The van der Waals surface area contributed by atoms with Crippen molar-refractivity contribution < 1.29 is 22.7 Å². The van der Waals surface area contributed by atoms with Crippen molar-refractivity contribution in [3.8, 4) is 11.5 Å². The van der Waals surface area contributed by atoms with Gasteiger partial charge in [0.05, 0.1) is 19.1 Å². The van der Waals surface area contributed by atoms with Gasteiger partial charge in [-0.25, -0.2) is 8.42 Å². The van der Waals surface area contributed by atoms with E-state index < -0.39 is 16.1 Å². The van der Waals surface area contributed by atoms with Gasteiger partial charge in [-0.1, -0.05) is 0 Å². The Balaban J connectivity index is 2.40. The van der Waals surface area contributed by atoms with Gasteiger partial charge < -0.3 is 14.8 Å². The number of hydrogen-bond acceptors (Lipinski definition) is 5. The average molecular weight is 328 g/mol. The second-order valence-electron chi connectivity index (χ2n) is 4.90. The van der Waals surface area contributed by atoms with Crippen LogP contribution in [0, 0.1) is 0 Å². The molecule has 1 aliphatic heterocycles. The van der Waals surface area contributed by atoms with Crippen LogP contribution in [0.5, 0.6) is 11.5 Å². The number of likely N-dealkylation sites (N-methyl/N-ethyl adjacent to an activating group) is 1. The second-order valence-corrected chi connectivity index (χ2v) is 6.80. The number of rotatable bonds is 5. The van der Waals surface area contributed by atoms with E-state index in [2.05, 4.69) is 5.32 Å². The Bertz CT molecular complexity index is 659. The summed E-state index contributed by atoms with van der Waals surface area (Å²) in [5.41, 5.74) is 0. The molecule has 122 valence electrons. The quantitative estimate of drug-likeness (QED) is 0.856. The van der Waals surface area contributed by atoms with Gasteiger partial charge in [-0.2, -0.15) is 4.31 Å². The Hall–Kier alpha value is -1.80. The number of carbonyl (C=O) groups is 1. The minimum absolute atomic E-state index is 0.0842. The van der Waals surface area contributed by atoms with Crippen LogP contribution in [0.1, 0.15) is 12.8 Å². The van der Waals surface area contributed by atoms with Crippen LogP contribution >= 0.6 is 0 Å². The van der Waals surface area contributed by atoms with E-state index in [0.717, 1.165) is 0 Å². The number of sulfonamides is 1. The minimum Gasteiger partial charge on any atom is -0.493 e. The maximum absolute atomic E-state index is 12.8. The van der Waals surface area contributed by atoms with Gasteiger partial charge in [-0.15, -0.1) is 0 Å². The molecule has 1 aliphatic rings. The topological polar surface area (TPSA) is 84.9 Å². The molecule has 8 heteroatoms. The van der Waals surface area contributed by atoms with E-state index in [1.165, 1.54) is 43.8 Å². The van der Waals surface area contributed by atoms with Gasteiger partial charge in [0, 0.05) is 19.7 Å². The largest absolute Gasteiger partial charge is 0.493 e. The fourth-order valence-corrected chi connectivity index (χ4v) is 4.24. The molecule has 22 heavy (non-hydrogen) atoms. The van der Waals surface area contributed by atoms with Gasteiger partial charge in [0.2, 0.25) is 15.9 Å². The molecule has 0 spiro atoms. The molecule has 1 fully saturated rings. The third kappa shape index (κ3) is 2.89. The summed E-state index contributed by atoms with van der Waals surface area (Å²) in [4.78, 5) is 11.9. The lowest BCUT2D eigenvalue weighted by atomic mass is 10.2. The Labute approximate surface area is 130 Å². The zero-order chi connectivity index (χ0) is 16.3. The molecule has 1 saturated heterocycles. The van der Waals surface area contributed by atoms with Gasteiger partial charge in [0.25, 0.3) is 0 Å². The fourth-order valence-electron chi connectivity index (χ4n) is 2.57. The molecule has 1 unspecified atom stereocenters. The summed E-state index contributed by atoms with van der Waals surface area (Å²) in [6, 6.07) is 3.74. The first kappa shape index (κ1) is 16.6. The highest BCUT2D eigenvalue weighted by Gasteiger charge is 2.39. The molecule has 1 aromatic carbocycles. The van der Waals surface area contributed by atoms with E-state index >= 15 is 0 Å². The minimum atomic E-state index is -3.76. The van der Waals surface area contributed by atoms with E-state index in [4.69, 9.17) is 9.47 Å². The van der Waals surface area contributed by atoms with Gasteiger partial charge in [-0.05, 0) is 25.0 Å². The number of methoxy groups -OCH3 is 2. The van der Waals surface area contributed by atoms with E-state index in [1.54, 1.807) is 0 Å². The summed E-state index contributed by atoms with van der Waals surface area (Å²) in [6.45, 7) is 0.328. The number of benzene rings is 1. The molecule has 1 amide bonds. The summed E-state index contributed by atoms with van der Waals surface area (Å²) >= 11 is 0. The average Bonchev–Trinajstić information content (AvgIpc) is 3.03. The zero-order valence-corrected chi connectivity index (χ0v) is 13.6. The molecule has 1 aromatic rings. The van der Waals surface area contributed by atoms with Crippen LogP contribution in [0.3, 0.4) is 0 Å². The maximum Gasteiger partial charge on any atom is 0.243 e. The lowest BCUT2D eigenvalue weighted by molar-refractivity contribution is -0.123. The van der Waals surface area contributed by atoms with Crippen molar-refractivity contribution in [1.82, 2.24) is 9.62 Å². The zero-order valence-electron chi connectivity index (χ0n) is 12.8. The van der Waals surface area contributed by atoms with Crippen molar-refractivity contribution in [2.75, 3.05) is 27.8 Å². The van der Waals surface area contributed by atoms with Crippen molar-refractivity contribution in [2.45, 2.75) is 23.8 Å². The molecule has 1 atom stereocenters. The smallest absolute Gasteiger partial charge is 0.243 e. The van der Waals surface area contributed by atoms with E-state index in [0.29, 0.717) is 30.9 Å². The predicted molar refractivity (Wildman–Crippen MR) is 80.5 cm³/mol. The van der Waals surface area contributed by atoms with Gasteiger partial charge >= 0.3 is 0 Å². The Kier molecular flexibility index (Phi) is 4.92. The molecule has 7 nitrogen and oxygen atoms in total. The lowest BCUT2D eigenvalue weighted by Crippen LogP contribution is -2.44. The van der Waals surface area contributed by atoms with Crippen LogP contribution in [0.4, 0.5) is 0 Å². The van der Waals surface area contributed by atoms with Crippen LogP contribution in [-0.2, 0) is 14.8 Å². The molecular formula is C14H20N2O5S. The summed E-state index contributed by atoms with van der Waals surface area (Å²) < 4.78 is 37.1. The molecule has 0 aromatic heterocycles. The van der Waals surface area contributed by atoms with E-state index in [-0.39, 0.29) is 10.8 Å². The standard InChI is InChI=1S/C14H20N2O5S/c1-15-14(17)11-5-4-8-16(11)22(18,19)10-6-7-12(20-2)13(9-10)21-3/h6-7,9,11H,4-5,8H2,1-3H3,(H,15,17). The Morgan fingerprint density at radius 1 is 1.27 bits per heavy atom. The summed E-state index contributed by atoms with van der Waals surface area (Å²) in [7, 11) is 0.660. The van der Waals surface area contributed by atoms with Crippen molar-refractivity contribution in [2.24, 2.45) is 0 Å². The number of ether oxygens (including phenoxy) is 2. The van der Waals surface area contributed by atoms with Gasteiger partial charge in [0.15, 0.2) is 11.5 Å². The normalized spacial score (nSPS) is 19.0. The lowest BCUT2D eigenvalue weighted by Gasteiger charge is -2.23. The third-order valence-electron chi connectivity index (χ3n) is 3.71. The first-order chi connectivity index (χ1) is 10.5. The van der Waals surface area contributed by atoms with Crippen molar-refractivity contribution >= 4 is 15.9 Å². The Morgan fingerprint density at radius 3 is 2.55 bits per heavy atom. The highest BCUT2D eigenvalue weighted by molar-refractivity contribution is 7.89. The monoisotopic (exact) mass is 328 g/mol. The highest BCUT2D eigenvalue weighted by Crippen LogP contribution is 2.32. The van der Waals surface area contributed by atoms with E-state index in [1.807, 2.05) is 0 Å². The van der Waals surface area contributed by atoms with E-state index in [9.17, 15) is 13.2 Å². The first-order valence-electron chi connectivity index (χ1n) is 6.91. The SMILES string of the molecule is CNC(=O)C1CCCN1S(=O)(=O)c1ccc(OC)c(OC)c1. The predicted octanol–water partition coefficient (Wildman–Crippen LogP) is 0.603. The van der Waals surface area contributed by atoms with Gasteiger partial charge in [0.1, 0.15) is 6.04 Å². The maximum atomic E-state index is 12.8. The summed E-state index contributed by atoms with van der Waals surface area (Å²) in [5, 5.41) is 2.51. The first-order valence-corrected chi connectivity index (χ1v) is 8.35. The van der Waals surface area contributed by atoms with Crippen molar-refractivity contribution in [3.63, 3.8) is 0 Å². The molecule has 0 saturated carbocycles. The van der Waals surface area contributed by atoms with Crippen molar-refractivity contribution in [3.05, 3.63) is 18.2 Å². The number of carbonyl (C=O) groups excluding carboxylic acids is 1. The molecule has 0 bridgehead atoms. The summed E-state index contributed by atoms with van der Waals surface area (Å²) in [6.07, 6.45) is 1.18. The number of amides is 1. The molecule has 2 rings (SSSR count). The Morgan fingerprint density at radius 2 is 1.95 bits per heavy atom. The molecule has 1 N–H and O–H groups in total. The third-order valence-corrected chi connectivity index (χ3v) is 5.62. The van der Waals surface area contributed by atoms with Gasteiger partial charge in [-0.3, -0.25) is 4.79 Å². The van der Waals surface area contributed by atoms with Crippen LogP contribution in [0.2, 0.25) is 0 Å². The molecule has 0 aliphatic carbocycles. The van der Waals surface area contributed by atoms with Crippen molar-refractivity contribution in [1.29, 1.82) is 0 Å². The second kappa shape index (κ2) is 6.53. The van der Waals surface area contributed by atoms with Crippen LogP contribution < -0.4 is 14.8 Å². The fraction of sp³-hybridized carbons (Fsp3) is 0.500. The molecule has 0 radical (unpaired) electrons. The number of nitrogens with zero attached hydrogens (tertiary/aromatic N) is 1. The summed E-state index contributed by atoms with van der Waals surface area (Å²) in [5.74, 6) is 0.492. The highest BCUT2D eigenvalue weighted by atomic mass is 32.2. The number of nitrogens with one attached hydrogen (secondary N) is 1. The van der Waals surface area contributed by atoms with Crippen LogP contribution in [0.25, 0.3) is 0 Å². The molecular weight excluding hydrogens is 308 g/mol. The van der Waals surface area contributed by atoms with Crippen LogP contribution in [0.15, 0.2) is 23.1 Å². The van der Waals surface area contributed by atoms with Crippen LogP contribution in [-0.4, -0.2) is 52.5 Å². The molecule has 1 heterocycles. The number of hydrogen-bond donors (Lipinski definition) is 1.